The molecule has 1 aliphatic rings. The Bertz CT molecular complexity index is 1250. The van der Waals surface area contributed by atoms with Gasteiger partial charge in [-0.25, -0.2) is 5.10 Å². The summed E-state index contributed by atoms with van der Waals surface area (Å²) in [6.45, 7) is 5.09. The summed E-state index contributed by atoms with van der Waals surface area (Å²) in [5.74, 6) is 0.469. The van der Waals surface area contributed by atoms with Crippen LogP contribution >= 0.6 is 0 Å². The number of methoxy groups -OCH3 is 1. The molecule has 2 atom stereocenters. The number of benzene rings is 2. The van der Waals surface area contributed by atoms with Crippen LogP contribution in [0.3, 0.4) is 0 Å². The minimum absolute atomic E-state index is 0.264. The second-order valence-electron chi connectivity index (χ2n) is 8.96. The summed E-state index contributed by atoms with van der Waals surface area (Å²) in [6, 6.07) is 6.57. The summed E-state index contributed by atoms with van der Waals surface area (Å²) in [5, 5.41) is 20.8. The van der Waals surface area contributed by atoms with Gasteiger partial charge in [0.2, 0.25) is 0 Å². The topological polar surface area (TPSA) is 87.2 Å². The van der Waals surface area contributed by atoms with E-state index in [0.29, 0.717) is 27.8 Å². The van der Waals surface area contributed by atoms with Crippen LogP contribution in [0.25, 0.3) is 10.8 Å². The Morgan fingerprint density at radius 2 is 1.97 bits per heavy atom. The zero-order valence-electron chi connectivity index (χ0n) is 18.1. The van der Waals surface area contributed by atoms with Crippen molar-refractivity contribution in [1.82, 2.24) is 10.2 Å². The Morgan fingerprint density at radius 1 is 1.25 bits per heavy atom. The molecule has 1 heterocycles. The van der Waals surface area contributed by atoms with Crippen molar-refractivity contribution in [3.63, 3.8) is 0 Å². The van der Waals surface area contributed by atoms with Crippen molar-refractivity contribution >= 4 is 16.5 Å². The fourth-order valence-corrected chi connectivity index (χ4v) is 4.88. The first-order chi connectivity index (χ1) is 14.9. The summed E-state index contributed by atoms with van der Waals surface area (Å²) in [7, 11) is 1.47. The lowest BCUT2D eigenvalue weighted by atomic mass is 9.63. The first-order valence-electron chi connectivity index (χ1n) is 10.1. The van der Waals surface area contributed by atoms with Crippen LogP contribution in [-0.2, 0) is 5.41 Å². The molecule has 1 aromatic heterocycles. The maximum Gasteiger partial charge on any atom is 0.419 e. The van der Waals surface area contributed by atoms with E-state index in [2.05, 4.69) is 15.5 Å². The number of nitrogens with zero attached hydrogens (tertiary/aromatic N) is 1. The molecule has 0 aliphatic heterocycles. The molecule has 3 aromatic rings. The fraction of sp³-hybridized carbons (Fsp3) is 0.391. The molecule has 6 nitrogen and oxygen atoms in total. The third-order valence-electron chi connectivity index (χ3n) is 6.17. The highest BCUT2D eigenvalue weighted by Gasteiger charge is 2.64. The van der Waals surface area contributed by atoms with E-state index in [1.165, 1.54) is 13.3 Å². The molecular formula is C23H24F3N3O3. The number of aromatic amines is 1. The van der Waals surface area contributed by atoms with Gasteiger partial charge in [-0.05, 0) is 48.1 Å². The molecule has 32 heavy (non-hydrogen) atoms. The van der Waals surface area contributed by atoms with Gasteiger partial charge >= 0.3 is 6.18 Å². The number of H-pyrrole nitrogens is 1. The third kappa shape index (κ3) is 3.31. The van der Waals surface area contributed by atoms with Crippen molar-refractivity contribution in [3.8, 4) is 5.75 Å². The Labute approximate surface area is 182 Å². The second-order valence-corrected chi connectivity index (χ2v) is 8.96. The van der Waals surface area contributed by atoms with Gasteiger partial charge in [-0.3, -0.25) is 4.79 Å². The largest absolute Gasteiger partial charge is 0.496 e. The Kier molecular flexibility index (Phi) is 5.00. The molecule has 0 saturated carbocycles. The maximum atomic E-state index is 14.4. The number of anilines is 1. The molecule has 4 rings (SSSR count). The number of aliphatic hydroxyl groups is 1. The lowest BCUT2D eigenvalue weighted by Gasteiger charge is -2.49. The first-order valence-corrected chi connectivity index (χ1v) is 10.1. The van der Waals surface area contributed by atoms with Crippen LogP contribution < -0.4 is 15.6 Å². The fourth-order valence-electron chi connectivity index (χ4n) is 4.88. The van der Waals surface area contributed by atoms with Gasteiger partial charge in [0.1, 0.15) is 5.75 Å². The average molecular weight is 447 g/mol. The van der Waals surface area contributed by atoms with E-state index in [-0.39, 0.29) is 11.1 Å². The van der Waals surface area contributed by atoms with Crippen LogP contribution in [0, 0.1) is 6.92 Å². The van der Waals surface area contributed by atoms with Crippen molar-refractivity contribution in [1.29, 1.82) is 0 Å². The van der Waals surface area contributed by atoms with Crippen molar-refractivity contribution in [3.05, 3.63) is 63.6 Å². The molecule has 0 bridgehead atoms. The third-order valence-corrected chi connectivity index (χ3v) is 6.17. The Hall–Kier alpha value is -3.07. The smallest absolute Gasteiger partial charge is 0.419 e. The highest BCUT2D eigenvalue weighted by Crippen LogP contribution is 2.56. The van der Waals surface area contributed by atoms with Gasteiger partial charge in [-0.2, -0.15) is 18.3 Å². The predicted octanol–water partition coefficient (Wildman–Crippen LogP) is 4.37. The molecular weight excluding hydrogens is 423 g/mol. The van der Waals surface area contributed by atoms with Gasteiger partial charge < -0.3 is 15.2 Å². The zero-order valence-corrected chi connectivity index (χ0v) is 18.1. The summed E-state index contributed by atoms with van der Waals surface area (Å²) in [6.07, 6.45) is -4.12. The van der Waals surface area contributed by atoms with E-state index in [1.54, 1.807) is 51.1 Å². The van der Waals surface area contributed by atoms with Crippen molar-refractivity contribution in [2.45, 2.75) is 50.4 Å². The number of hydrogen-bond acceptors (Lipinski definition) is 5. The van der Waals surface area contributed by atoms with Crippen LogP contribution in [0.5, 0.6) is 5.75 Å². The van der Waals surface area contributed by atoms with Gasteiger partial charge in [0.15, 0.2) is 5.60 Å². The molecule has 3 N–H and O–H groups in total. The second kappa shape index (κ2) is 7.23. The van der Waals surface area contributed by atoms with Crippen LogP contribution in [0.4, 0.5) is 18.9 Å². The molecule has 1 aliphatic carbocycles. The minimum atomic E-state index is -4.92. The number of aromatic nitrogens is 2. The van der Waals surface area contributed by atoms with E-state index in [0.717, 1.165) is 0 Å². The molecule has 170 valence electrons. The van der Waals surface area contributed by atoms with E-state index in [9.17, 15) is 23.1 Å². The number of fused-ring (bicyclic) bond motifs is 2. The van der Waals surface area contributed by atoms with Crippen LogP contribution in [-0.4, -0.2) is 34.2 Å². The van der Waals surface area contributed by atoms with Gasteiger partial charge in [-0.1, -0.05) is 26.0 Å². The van der Waals surface area contributed by atoms with Crippen molar-refractivity contribution in [2.75, 3.05) is 12.4 Å². The minimum Gasteiger partial charge on any atom is -0.496 e. The molecule has 0 amide bonds. The molecule has 9 heteroatoms. The number of hydrogen-bond donors (Lipinski definition) is 3. The van der Waals surface area contributed by atoms with Crippen LogP contribution in [0.1, 0.15) is 43.0 Å². The van der Waals surface area contributed by atoms with E-state index >= 15 is 0 Å². The maximum absolute atomic E-state index is 14.4. The number of nitrogens with one attached hydrogen (secondary N) is 2. The van der Waals surface area contributed by atoms with Crippen LogP contribution in [0.2, 0.25) is 0 Å². The van der Waals surface area contributed by atoms with E-state index in [1.807, 2.05) is 0 Å². The number of alkyl halides is 3. The Balaban J connectivity index is 2.00. The molecule has 0 saturated heterocycles. The Morgan fingerprint density at radius 3 is 2.62 bits per heavy atom. The number of ether oxygens (including phenoxy) is 1. The SMILES string of the molecule is COc1cc(C)cc2c1C(C)(C)CC(O)(C(F)(F)F)C2Nc1cccc2c(=O)[nH]ncc12. The van der Waals surface area contributed by atoms with Gasteiger partial charge in [-0.15, -0.1) is 0 Å². The zero-order chi connectivity index (χ0) is 23.5. The highest BCUT2D eigenvalue weighted by atomic mass is 19.4. The number of rotatable bonds is 3. The van der Waals surface area contributed by atoms with Gasteiger partial charge in [0.25, 0.3) is 5.56 Å². The van der Waals surface area contributed by atoms with Gasteiger partial charge in [0, 0.05) is 16.6 Å². The van der Waals surface area contributed by atoms with Crippen molar-refractivity contribution < 1.29 is 23.0 Å². The highest BCUT2D eigenvalue weighted by molar-refractivity contribution is 5.92. The van der Waals surface area contributed by atoms with E-state index < -0.39 is 35.2 Å². The summed E-state index contributed by atoms with van der Waals surface area (Å²) < 4.78 is 48.7. The predicted molar refractivity (Wildman–Crippen MR) is 115 cm³/mol. The average Bonchev–Trinajstić information content (AvgIpc) is 2.69. The quantitative estimate of drug-likeness (QED) is 0.555. The lowest BCUT2D eigenvalue weighted by molar-refractivity contribution is -0.275. The molecule has 0 radical (unpaired) electrons. The summed E-state index contributed by atoms with van der Waals surface area (Å²) >= 11 is 0. The normalized spacial score (nSPS) is 22.4. The number of aryl methyl sites for hydroxylation is 1. The van der Waals surface area contributed by atoms with Crippen LogP contribution in [0.15, 0.2) is 41.3 Å². The summed E-state index contributed by atoms with van der Waals surface area (Å²) in [4.78, 5) is 12.1. The molecule has 2 unspecified atom stereocenters. The molecule has 0 spiro atoms. The van der Waals surface area contributed by atoms with E-state index in [4.69, 9.17) is 4.74 Å². The lowest BCUT2D eigenvalue weighted by Crippen LogP contribution is -2.58. The molecule has 0 fully saturated rings. The first kappa shape index (κ1) is 22.1. The van der Waals surface area contributed by atoms with Gasteiger partial charge in [0.05, 0.1) is 24.7 Å². The van der Waals surface area contributed by atoms with Crippen molar-refractivity contribution in [2.24, 2.45) is 0 Å². The standard InChI is InChI=1S/C23H24F3N3O3/c1-12-8-14-18(17(9-12)32-4)21(2,3)11-22(31,23(24,25)26)19(14)28-16-7-5-6-13-15(16)10-27-29-20(13)30/h5-10,19,28,31H,11H2,1-4H3,(H,29,30). The number of halogens is 3. The molecule has 2 aromatic carbocycles. The summed E-state index contributed by atoms with van der Waals surface area (Å²) in [5.41, 5.74) is -2.68. The monoisotopic (exact) mass is 447 g/mol.